The highest BCUT2D eigenvalue weighted by Gasteiger charge is 2.40. The number of amides is 4. The van der Waals surface area contributed by atoms with Gasteiger partial charge in [0.15, 0.2) is 0 Å². The molecule has 0 radical (unpaired) electrons. The van der Waals surface area contributed by atoms with Gasteiger partial charge in [-0.05, 0) is 61.9 Å². The molecule has 1 N–H and O–H groups in total. The molecular weight excluding hydrogens is 390 g/mol. The molecule has 6 heteroatoms. The van der Waals surface area contributed by atoms with E-state index in [1.54, 1.807) is 6.08 Å². The van der Waals surface area contributed by atoms with E-state index in [2.05, 4.69) is 35.9 Å². The van der Waals surface area contributed by atoms with Crippen LogP contribution < -0.4 is 5.32 Å². The number of para-hydroxylation sites is 1. The number of carbonyl (C=O) groups excluding carboxylic acids is 3. The summed E-state index contributed by atoms with van der Waals surface area (Å²) in [6, 6.07) is 9.52. The van der Waals surface area contributed by atoms with Crippen LogP contribution in [0, 0.1) is 13.8 Å². The SMILES string of the molecule is Cc1cc(/C=C2\C(=O)NC(=O)N(C3CCCC3)C2=O)c(C)n1-c1ccccc1C(C)C. The van der Waals surface area contributed by atoms with Crippen LogP contribution in [-0.2, 0) is 9.59 Å². The third kappa shape index (κ3) is 3.71. The minimum Gasteiger partial charge on any atom is -0.318 e. The fourth-order valence-electron chi connectivity index (χ4n) is 4.80. The number of carbonyl (C=O) groups is 3. The molecule has 0 unspecified atom stereocenters. The zero-order chi connectivity index (χ0) is 22.3. The smallest absolute Gasteiger partial charge is 0.318 e. The van der Waals surface area contributed by atoms with E-state index in [4.69, 9.17) is 0 Å². The van der Waals surface area contributed by atoms with Crippen LogP contribution in [-0.4, -0.2) is 33.4 Å². The molecule has 1 aliphatic heterocycles. The monoisotopic (exact) mass is 419 g/mol. The highest BCUT2D eigenvalue weighted by atomic mass is 16.2. The molecule has 1 aliphatic carbocycles. The number of hydrogen-bond acceptors (Lipinski definition) is 3. The Morgan fingerprint density at radius 1 is 1.06 bits per heavy atom. The van der Waals surface area contributed by atoms with Crippen LogP contribution in [0.3, 0.4) is 0 Å². The number of nitrogens with zero attached hydrogens (tertiary/aromatic N) is 2. The number of imide groups is 2. The normalized spacial score (nSPS) is 19.1. The lowest BCUT2D eigenvalue weighted by Crippen LogP contribution is -2.57. The summed E-state index contributed by atoms with van der Waals surface area (Å²) in [5.41, 5.74) is 5.11. The van der Waals surface area contributed by atoms with Crippen molar-refractivity contribution in [2.24, 2.45) is 0 Å². The Hall–Kier alpha value is -3.15. The molecule has 0 atom stereocenters. The first-order valence-corrected chi connectivity index (χ1v) is 11.0. The van der Waals surface area contributed by atoms with E-state index in [9.17, 15) is 14.4 Å². The molecule has 162 valence electrons. The molecule has 1 saturated heterocycles. The Bertz CT molecular complexity index is 1090. The average molecular weight is 420 g/mol. The van der Waals surface area contributed by atoms with Gasteiger partial charge >= 0.3 is 6.03 Å². The molecule has 1 aromatic carbocycles. The van der Waals surface area contributed by atoms with Crippen molar-refractivity contribution in [2.75, 3.05) is 0 Å². The summed E-state index contributed by atoms with van der Waals surface area (Å²) in [5, 5.41) is 2.36. The number of benzene rings is 1. The molecule has 6 nitrogen and oxygen atoms in total. The van der Waals surface area contributed by atoms with Crippen LogP contribution in [0.1, 0.15) is 68.0 Å². The first-order valence-electron chi connectivity index (χ1n) is 11.0. The molecule has 31 heavy (non-hydrogen) atoms. The largest absolute Gasteiger partial charge is 0.331 e. The van der Waals surface area contributed by atoms with Gasteiger partial charge in [-0.25, -0.2) is 4.79 Å². The molecule has 2 heterocycles. The Morgan fingerprint density at radius 3 is 2.42 bits per heavy atom. The van der Waals surface area contributed by atoms with Crippen LogP contribution in [0.4, 0.5) is 4.79 Å². The van der Waals surface area contributed by atoms with Crippen LogP contribution in [0.15, 0.2) is 35.9 Å². The van der Waals surface area contributed by atoms with Crippen molar-refractivity contribution in [3.05, 3.63) is 58.4 Å². The average Bonchev–Trinajstić information content (AvgIpc) is 3.33. The topological polar surface area (TPSA) is 71.4 Å². The van der Waals surface area contributed by atoms with Crippen LogP contribution in [0.2, 0.25) is 0 Å². The molecule has 0 spiro atoms. The highest BCUT2D eigenvalue weighted by Crippen LogP contribution is 2.30. The lowest BCUT2D eigenvalue weighted by molar-refractivity contribution is -0.131. The fourth-order valence-corrected chi connectivity index (χ4v) is 4.80. The molecule has 2 aliphatic rings. The third-order valence-corrected chi connectivity index (χ3v) is 6.39. The Kier molecular flexibility index (Phi) is 5.56. The van der Waals surface area contributed by atoms with Crippen molar-refractivity contribution in [1.82, 2.24) is 14.8 Å². The quantitative estimate of drug-likeness (QED) is 0.581. The number of nitrogens with one attached hydrogen (secondary N) is 1. The first-order chi connectivity index (χ1) is 14.8. The zero-order valence-electron chi connectivity index (χ0n) is 18.6. The van der Waals surface area contributed by atoms with Crippen molar-refractivity contribution in [1.29, 1.82) is 0 Å². The van der Waals surface area contributed by atoms with Gasteiger partial charge in [0.25, 0.3) is 11.8 Å². The molecule has 1 aromatic heterocycles. The minimum absolute atomic E-state index is 0.0175. The summed E-state index contributed by atoms with van der Waals surface area (Å²) in [4.78, 5) is 39.3. The second-order valence-electron chi connectivity index (χ2n) is 8.81. The number of hydrogen-bond donors (Lipinski definition) is 1. The summed E-state index contributed by atoms with van der Waals surface area (Å²) in [7, 11) is 0. The predicted octanol–water partition coefficient (Wildman–Crippen LogP) is 4.62. The van der Waals surface area contributed by atoms with Crippen LogP contribution in [0.25, 0.3) is 11.8 Å². The van der Waals surface area contributed by atoms with Gasteiger partial charge in [-0.3, -0.25) is 19.8 Å². The van der Waals surface area contributed by atoms with Gasteiger partial charge in [0, 0.05) is 23.1 Å². The second kappa shape index (κ2) is 8.17. The fraction of sp³-hybridized carbons (Fsp3) is 0.400. The van der Waals surface area contributed by atoms with Crippen molar-refractivity contribution in [2.45, 2.75) is 65.3 Å². The van der Waals surface area contributed by atoms with E-state index in [-0.39, 0.29) is 11.6 Å². The maximum absolute atomic E-state index is 13.1. The van der Waals surface area contributed by atoms with E-state index in [0.29, 0.717) is 5.92 Å². The zero-order valence-corrected chi connectivity index (χ0v) is 18.6. The summed E-state index contributed by atoms with van der Waals surface area (Å²) in [5.74, 6) is -0.763. The standard InChI is InChI=1S/C25H29N3O3/c1-15(2)20-11-7-8-12-22(20)27-16(3)13-18(17(27)4)14-21-23(29)26-25(31)28(24(21)30)19-9-5-6-10-19/h7-8,11-15,19H,5-6,9-10H2,1-4H3,(H,26,29,31)/b21-14+. The van der Waals surface area contributed by atoms with Crippen molar-refractivity contribution in [3.63, 3.8) is 0 Å². The Balaban J connectivity index is 1.76. The number of barbiturate groups is 1. The maximum atomic E-state index is 13.1. The molecule has 2 fully saturated rings. The number of aromatic nitrogens is 1. The van der Waals surface area contributed by atoms with Gasteiger partial charge < -0.3 is 4.57 Å². The lowest BCUT2D eigenvalue weighted by Gasteiger charge is -2.31. The van der Waals surface area contributed by atoms with E-state index < -0.39 is 17.8 Å². The third-order valence-electron chi connectivity index (χ3n) is 6.39. The molecule has 2 aromatic rings. The van der Waals surface area contributed by atoms with Crippen molar-refractivity contribution < 1.29 is 14.4 Å². The Morgan fingerprint density at radius 2 is 1.74 bits per heavy atom. The van der Waals surface area contributed by atoms with E-state index in [0.717, 1.165) is 48.3 Å². The maximum Gasteiger partial charge on any atom is 0.331 e. The van der Waals surface area contributed by atoms with E-state index in [1.165, 1.54) is 10.5 Å². The van der Waals surface area contributed by atoms with Crippen molar-refractivity contribution >= 4 is 23.9 Å². The summed E-state index contributed by atoms with van der Waals surface area (Å²) in [6.45, 7) is 8.33. The first kappa shape index (κ1) is 21.1. The highest BCUT2D eigenvalue weighted by molar-refractivity contribution is 6.31. The predicted molar refractivity (Wildman–Crippen MR) is 120 cm³/mol. The van der Waals surface area contributed by atoms with Crippen LogP contribution >= 0.6 is 0 Å². The molecule has 4 amide bonds. The Labute approximate surface area is 182 Å². The van der Waals surface area contributed by atoms with E-state index >= 15 is 0 Å². The van der Waals surface area contributed by atoms with Crippen molar-refractivity contribution in [3.8, 4) is 5.69 Å². The molecule has 1 saturated carbocycles. The number of aryl methyl sites for hydroxylation is 1. The summed E-state index contributed by atoms with van der Waals surface area (Å²) in [6.07, 6.45) is 5.20. The van der Waals surface area contributed by atoms with Gasteiger partial charge in [-0.2, -0.15) is 0 Å². The van der Waals surface area contributed by atoms with Crippen LogP contribution in [0.5, 0.6) is 0 Å². The summed E-state index contributed by atoms with van der Waals surface area (Å²) < 4.78 is 2.16. The number of urea groups is 1. The van der Waals surface area contributed by atoms with Gasteiger partial charge in [0.1, 0.15) is 5.57 Å². The molecule has 4 rings (SSSR count). The van der Waals surface area contributed by atoms with Gasteiger partial charge in [0.2, 0.25) is 0 Å². The lowest BCUT2D eigenvalue weighted by atomic mass is 10.0. The van der Waals surface area contributed by atoms with Gasteiger partial charge in [-0.15, -0.1) is 0 Å². The minimum atomic E-state index is -0.628. The number of rotatable bonds is 4. The van der Waals surface area contributed by atoms with Gasteiger partial charge in [-0.1, -0.05) is 44.9 Å². The molecule has 0 bridgehead atoms. The second-order valence-corrected chi connectivity index (χ2v) is 8.81. The van der Waals surface area contributed by atoms with Gasteiger partial charge in [0.05, 0.1) is 0 Å². The summed E-state index contributed by atoms with van der Waals surface area (Å²) >= 11 is 0. The van der Waals surface area contributed by atoms with E-state index in [1.807, 2.05) is 32.0 Å². The molecular formula is C25H29N3O3.